The summed E-state index contributed by atoms with van der Waals surface area (Å²) in [7, 11) is 0. The second-order valence-electron chi connectivity index (χ2n) is 5.06. The third kappa shape index (κ3) is 4.31. The van der Waals surface area contributed by atoms with E-state index in [0.717, 1.165) is 5.69 Å². The molecule has 0 aliphatic heterocycles. The van der Waals surface area contributed by atoms with Crippen molar-refractivity contribution in [3.05, 3.63) is 77.2 Å². The van der Waals surface area contributed by atoms with Crippen molar-refractivity contribution in [1.29, 1.82) is 5.26 Å². The van der Waals surface area contributed by atoms with Gasteiger partial charge in [-0.15, -0.1) is 0 Å². The SMILES string of the molecule is N#Cc1ccc(NC(=O)c2cnc(Nc3ccc(Cl)cc3)cn2)cc1. The first-order chi connectivity index (χ1) is 12.1. The Hall–Kier alpha value is -3.43. The van der Waals surface area contributed by atoms with E-state index in [9.17, 15) is 4.79 Å². The van der Waals surface area contributed by atoms with Crippen LogP contribution in [-0.2, 0) is 0 Å². The Kier molecular flexibility index (Phi) is 4.88. The number of carbonyl (C=O) groups excluding carboxylic acids is 1. The molecule has 0 unspecified atom stereocenters. The van der Waals surface area contributed by atoms with Crippen molar-refractivity contribution in [2.75, 3.05) is 10.6 Å². The van der Waals surface area contributed by atoms with Crippen LogP contribution in [0.5, 0.6) is 0 Å². The van der Waals surface area contributed by atoms with Crippen molar-refractivity contribution in [1.82, 2.24) is 9.97 Å². The summed E-state index contributed by atoms with van der Waals surface area (Å²) in [5, 5.41) is 15.2. The molecule has 1 aromatic heterocycles. The Balaban J connectivity index is 1.65. The lowest BCUT2D eigenvalue weighted by Crippen LogP contribution is -2.14. The van der Waals surface area contributed by atoms with Crippen molar-refractivity contribution in [3.8, 4) is 6.07 Å². The molecule has 0 spiro atoms. The molecule has 7 heteroatoms. The minimum Gasteiger partial charge on any atom is -0.339 e. The van der Waals surface area contributed by atoms with Gasteiger partial charge < -0.3 is 10.6 Å². The number of benzene rings is 2. The Labute approximate surface area is 149 Å². The quantitative estimate of drug-likeness (QED) is 0.743. The number of nitrogens with zero attached hydrogens (tertiary/aromatic N) is 3. The molecule has 1 amide bonds. The van der Waals surface area contributed by atoms with Gasteiger partial charge in [0.2, 0.25) is 0 Å². The van der Waals surface area contributed by atoms with Crippen molar-refractivity contribution in [2.45, 2.75) is 0 Å². The molecule has 0 bridgehead atoms. The van der Waals surface area contributed by atoms with Gasteiger partial charge in [0.05, 0.1) is 24.0 Å². The first-order valence-electron chi connectivity index (χ1n) is 7.30. The largest absolute Gasteiger partial charge is 0.339 e. The molecule has 1 heterocycles. The zero-order valence-corrected chi connectivity index (χ0v) is 13.7. The van der Waals surface area contributed by atoms with Gasteiger partial charge in [-0.1, -0.05) is 11.6 Å². The molecule has 0 saturated carbocycles. The van der Waals surface area contributed by atoms with Gasteiger partial charge in [0.15, 0.2) is 0 Å². The number of nitriles is 1. The third-order valence-corrected chi connectivity index (χ3v) is 3.52. The van der Waals surface area contributed by atoms with E-state index >= 15 is 0 Å². The second-order valence-corrected chi connectivity index (χ2v) is 5.50. The van der Waals surface area contributed by atoms with Crippen LogP contribution in [0.1, 0.15) is 16.1 Å². The zero-order valence-electron chi connectivity index (χ0n) is 12.9. The molecule has 3 aromatic rings. The number of aromatic nitrogens is 2. The van der Waals surface area contributed by atoms with Crippen molar-refractivity contribution < 1.29 is 4.79 Å². The van der Waals surface area contributed by atoms with Crippen LogP contribution >= 0.6 is 11.6 Å². The normalized spacial score (nSPS) is 9.92. The van der Waals surface area contributed by atoms with E-state index in [1.54, 1.807) is 36.4 Å². The molecule has 0 atom stereocenters. The molecule has 2 aromatic carbocycles. The van der Waals surface area contributed by atoms with E-state index in [1.165, 1.54) is 12.4 Å². The molecule has 0 fully saturated rings. The van der Waals surface area contributed by atoms with E-state index in [2.05, 4.69) is 20.6 Å². The van der Waals surface area contributed by atoms with Crippen LogP contribution < -0.4 is 10.6 Å². The fourth-order valence-electron chi connectivity index (χ4n) is 2.01. The summed E-state index contributed by atoms with van der Waals surface area (Å²) < 4.78 is 0. The maximum atomic E-state index is 12.2. The first-order valence-corrected chi connectivity index (χ1v) is 7.68. The number of nitrogens with one attached hydrogen (secondary N) is 2. The summed E-state index contributed by atoms with van der Waals surface area (Å²) in [5.74, 6) is 0.132. The van der Waals surface area contributed by atoms with Gasteiger partial charge in [-0.3, -0.25) is 4.79 Å². The minimum absolute atomic E-state index is 0.186. The highest BCUT2D eigenvalue weighted by Crippen LogP contribution is 2.17. The average Bonchev–Trinajstić information content (AvgIpc) is 2.65. The smallest absolute Gasteiger partial charge is 0.275 e. The summed E-state index contributed by atoms with van der Waals surface area (Å²) in [6, 6.07) is 15.7. The molecule has 0 aliphatic rings. The van der Waals surface area contributed by atoms with Crippen molar-refractivity contribution >= 4 is 34.7 Å². The first kappa shape index (κ1) is 16.4. The predicted octanol–water partition coefficient (Wildman–Crippen LogP) is 4.00. The molecular weight excluding hydrogens is 338 g/mol. The van der Waals surface area contributed by atoms with Crippen molar-refractivity contribution in [2.24, 2.45) is 0 Å². The van der Waals surface area contributed by atoms with Crippen LogP contribution in [0.25, 0.3) is 0 Å². The van der Waals surface area contributed by atoms with Crippen LogP contribution in [0.3, 0.4) is 0 Å². The maximum Gasteiger partial charge on any atom is 0.275 e. The summed E-state index contributed by atoms with van der Waals surface area (Å²) in [6.45, 7) is 0. The van der Waals surface area contributed by atoms with Crippen LogP contribution in [0, 0.1) is 11.3 Å². The molecular formula is C18H12ClN5O. The van der Waals surface area contributed by atoms with E-state index in [-0.39, 0.29) is 11.6 Å². The fourth-order valence-corrected chi connectivity index (χ4v) is 2.14. The van der Waals surface area contributed by atoms with Gasteiger partial charge in [-0.25, -0.2) is 9.97 Å². The van der Waals surface area contributed by atoms with Crippen LogP contribution in [-0.4, -0.2) is 15.9 Å². The third-order valence-electron chi connectivity index (χ3n) is 3.27. The molecule has 25 heavy (non-hydrogen) atoms. The highest BCUT2D eigenvalue weighted by molar-refractivity contribution is 6.30. The standard InChI is InChI=1S/C18H12ClN5O/c19-13-3-7-14(8-4-13)23-17-11-21-16(10-22-17)18(25)24-15-5-1-12(9-20)2-6-15/h1-8,10-11H,(H,22,23)(H,24,25). The maximum absolute atomic E-state index is 12.2. The van der Waals surface area contributed by atoms with E-state index in [0.29, 0.717) is 22.1 Å². The number of halogens is 1. The van der Waals surface area contributed by atoms with E-state index < -0.39 is 0 Å². The lowest BCUT2D eigenvalue weighted by Gasteiger charge is -2.07. The topological polar surface area (TPSA) is 90.7 Å². The van der Waals surface area contributed by atoms with Gasteiger partial charge >= 0.3 is 0 Å². The van der Waals surface area contributed by atoms with Gasteiger partial charge in [0.25, 0.3) is 5.91 Å². The second kappa shape index (κ2) is 7.43. The van der Waals surface area contributed by atoms with Crippen LogP contribution in [0.4, 0.5) is 17.2 Å². The number of hydrogen-bond donors (Lipinski definition) is 2. The van der Waals surface area contributed by atoms with Crippen molar-refractivity contribution in [3.63, 3.8) is 0 Å². The Bertz CT molecular complexity index is 916. The highest BCUT2D eigenvalue weighted by atomic mass is 35.5. The van der Waals surface area contributed by atoms with Gasteiger partial charge in [-0.05, 0) is 48.5 Å². The summed E-state index contributed by atoms with van der Waals surface area (Å²) in [6.07, 6.45) is 2.86. The summed E-state index contributed by atoms with van der Waals surface area (Å²) in [5.41, 5.74) is 2.10. The predicted molar refractivity (Wildman–Crippen MR) is 95.9 cm³/mol. The van der Waals surface area contributed by atoms with Gasteiger partial charge in [0.1, 0.15) is 11.5 Å². The lowest BCUT2D eigenvalue weighted by atomic mass is 10.2. The summed E-state index contributed by atoms with van der Waals surface area (Å²) >= 11 is 5.84. The monoisotopic (exact) mass is 349 g/mol. The Morgan fingerprint density at radius 2 is 1.64 bits per heavy atom. The molecule has 122 valence electrons. The summed E-state index contributed by atoms with van der Waals surface area (Å²) in [4.78, 5) is 20.4. The number of anilines is 3. The van der Waals surface area contributed by atoms with Gasteiger partial charge in [-0.2, -0.15) is 5.26 Å². The highest BCUT2D eigenvalue weighted by Gasteiger charge is 2.09. The molecule has 3 rings (SSSR count). The fraction of sp³-hybridized carbons (Fsp3) is 0. The lowest BCUT2D eigenvalue weighted by molar-refractivity contribution is 0.102. The Morgan fingerprint density at radius 3 is 2.24 bits per heavy atom. The molecule has 0 radical (unpaired) electrons. The average molecular weight is 350 g/mol. The molecule has 6 nitrogen and oxygen atoms in total. The van der Waals surface area contributed by atoms with E-state index in [1.807, 2.05) is 18.2 Å². The molecule has 0 saturated heterocycles. The molecule has 2 N–H and O–H groups in total. The Morgan fingerprint density at radius 1 is 0.960 bits per heavy atom. The number of carbonyl (C=O) groups is 1. The van der Waals surface area contributed by atoms with Gasteiger partial charge in [0, 0.05) is 16.4 Å². The minimum atomic E-state index is -0.379. The zero-order chi connectivity index (χ0) is 17.6. The van der Waals surface area contributed by atoms with Crippen LogP contribution in [0.2, 0.25) is 5.02 Å². The number of hydrogen-bond acceptors (Lipinski definition) is 5. The molecule has 0 aliphatic carbocycles. The number of amides is 1. The number of rotatable bonds is 4. The van der Waals surface area contributed by atoms with Crippen LogP contribution in [0.15, 0.2) is 60.9 Å². The van der Waals surface area contributed by atoms with E-state index in [4.69, 9.17) is 16.9 Å².